The molecular weight excluding hydrogens is 392 g/mol. The number of thioether (sulfide) groups is 1. The second kappa shape index (κ2) is 7.67. The summed E-state index contributed by atoms with van der Waals surface area (Å²) < 4.78 is 12.3. The molecule has 0 unspecified atom stereocenters. The Labute approximate surface area is 171 Å². The molecule has 4 rings (SSSR count). The number of rotatable bonds is 5. The molecule has 1 aromatic heterocycles. The number of ether oxygens (including phenoxy) is 2. The molecule has 0 fully saturated rings. The Balaban J connectivity index is 1.97. The third kappa shape index (κ3) is 3.27. The van der Waals surface area contributed by atoms with Gasteiger partial charge in [0.05, 0.1) is 31.0 Å². The largest absolute Gasteiger partial charge is 0.502 e. The molecule has 0 saturated heterocycles. The second-order valence-corrected chi connectivity index (χ2v) is 7.60. The maximum absolute atomic E-state index is 13.0. The van der Waals surface area contributed by atoms with E-state index in [-0.39, 0.29) is 22.8 Å². The molecule has 0 bridgehead atoms. The number of benzene rings is 2. The van der Waals surface area contributed by atoms with Crippen molar-refractivity contribution in [3.63, 3.8) is 0 Å². The molecule has 0 aliphatic carbocycles. The zero-order chi connectivity index (χ0) is 20.5. The van der Waals surface area contributed by atoms with Gasteiger partial charge in [0.15, 0.2) is 11.5 Å². The first kappa shape index (κ1) is 19.1. The highest BCUT2D eigenvalue weighted by Gasteiger charge is 2.38. The van der Waals surface area contributed by atoms with Crippen molar-refractivity contribution in [2.75, 3.05) is 25.3 Å². The number of methoxy groups -OCH3 is 2. The predicted octanol–water partition coefficient (Wildman–Crippen LogP) is 2.53. The van der Waals surface area contributed by atoms with Crippen LogP contribution in [0.2, 0.25) is 0 Å². The Bertz CT molecular complexity index is 1110. The number of anilines is 1. The summed E-state index contributed by atoms with van der Waals surface area (Å²) in [5.41, 5.74) is 2.54. The molecule has 3 N–H and O–H groups in total. The van der Waals surface area contributed by atoms with Crippen molar-refractivity contribution in [2.45, 2.75) is 18.2 Å². The van der Waals surface area contributed by atoms with Crippen molar-refractivity contribution >= 4 is 17.4 Å². The van der Waals surface area contributed by atoms with Gasteiger partial charge in [-0.05, 0) is 34.7 Å². The van der Waals surface area contributed by atoms with Crippen LogP contribution in [0.15, 0.2) is 46.3 Å². The highest BCUT2D eigenvalue weighted by atomic mass is 32.2. The van der Waals surface area contributed by atoms with Gasteiger partial charge in [0, 0.05) is 5.10 Å². The first-order valence-electron chi connectivity index (χ1n) is 9.07. The van der Waals surface area contributed by atoms with Crippen LogP contribution in [0, 0.1) is 0 Å². The van der Waals surface area contributed by atoms with Gasteiger partial charge in [-0.2, -0.15) is 0 Å². The van der Waals surface area contributed by atoms with Crippen molar-refractivity contribution in [3.8, 4) is 28.5 Å². The van der Waals surface area contributed by atoms with E-state index in [0.717, 1.165) is 22.6 Å². The highest BCUT2D eigenvalue weighted by molar-refractivity contribution is 7.99. The van der Waals surface area contributed by atoms with Crippen LogP contribution in [0.1, 0.15) is 18.7 Å². The Morgan fingerprint density at radius 3 is 2.55 bits per heavy atom. The van der Waals surface area contributed by atoms with Crippen LogP contribution in [-0.4, -0.2) is 35.2 Å². The topological polar surface area (TPSA) is 100 Å². The van der Waals surface area contributed by atoms with Gasteiger partial charge in [0.2, 0.25) is 10.9 Å². The number of H-pyrrole nitrogens is 1. The lowest BCUT2D eigenvalue weighted by molar-refractivity contribution is -0.759. The molecule has 0 radical (unpaired) electrons. The molecule has 150 valence electrons. The van der Waals surface area contributed by atoms with Crippen LogP contribution in [0.4, 0.5) is 5.69 Å². The minimum atomic E-state index is -0.498. The first-order valence-corrected chi connectivity index (χ1v) is 10.1. The molecule has 0 saturated carbocycles. The number of para-hydroxylation sites is 1. The molecule has 8 nitrogen and oxygen atoms in total. The number of aromatic amines is 1. The van der Waals surface area contributed by atoms with Gasteiger partial charge in [-0.1, -0.05) is 30.8 Å². The minimum absolute atomic E-state index is 0.0821. The zero-order valence-corrected chi connectivity index (χ0v) is 17.0. The summed E-state index contributed by atoms with van der Waals surface area (Å²) in [5, 5.41) is 18.9. The summed E-state index contributed by atoms with van der Waals surface area (Å²) in [7, 11) is 2.95. The third-order valence-electron chi connectivity index (χ3n) is 4.68. The standard InChI is InChI=1S/C20H20N4O4S/c1-4-29-20-22-19(26)16-12-7-5-6-8-13(12)21-18(24(16)23-20)11-9-14(27-2)17(25)15(10-11)28-3/h5-10,18H,4H2,1-3H3,(H2,22,23,25,26)/p+1/t18-/m1/s1. The van der Waals surface area contributed by atoms with Crippen molar-refractivity contribution < 1.29 is 19.3 Å². The van der Waals surface area contributed by atoms with Crippen LogP contribution >= 0.6 is 11.8 Å². The lowest BCUT2D eigenvalue weighted by Gasteiger charge is -2.23. The van der Waals surface area contributed by atoms with Crippen LogP contribution < -0.4 is 25.0 Å². The summed E-state index contributed by atoms with van der Waals surface area (Å²) in [6, 6.07) is 11.0. The lowest BCUT2D eigenvalue weighted by Crippen LogP contribution is -2.55. The average Bonchev–Trinajstić information content (AvgIpc) is 2.73. The number of fused-ring (bicyclic) bond motifs is 3. The predicted molar refractivity (Wildman–Crippen MR) is 110 cm³/mol. The summed E-state index contributed by atoms with van der Waals surface area (Å²) in [6.45, 7) is 2.00. The summed E-state index contributed by atoms with van der Waals surface area (Å²) in [5.74, 6) is 1.24. The number of nitrogens with zero attached hydrogens (tertiary/aromatic N) is 2. The van der Waals surface area contributed by atoms with Gasteiger partial charge >= 0.3 is 11.3 Å². The van der Waals surface area contributed by atoms with E-state index in [2.05, 4.69) is 15.4 Å². The first-order chi connectivity index (χ1) is 14.1. The quantitative estimate of drug-likeness (QED) is 0.437. The number of phenols is 1. The molecule has 2 aromatic carbocycles. The molecule has 1 aliphatic rings. The molecule has 29 heavy (non-hydrogen) atoms. The van der Waals surface area contributed by atoms with Gasteiger partial charge in [0.25, 0.3) is 6.17 Å². The molecule has 2 heterocycles. The summed E-state index contributed by atoms with van der Waals surface area (Å²) in [4.78, 5) is 15.8. The smallest absolute Gasteiger partial charge is 0.325 e. The Hall–Kier alpha value is -3.20. The minimum Gasteiger partial charge on any atom is -0.502 e. The van der Waals surface area contributed by atoms with Crippen LogP contribution in [0.3, 0.4) is 0 Å². The van der Waals surface area contributed by atoms with E-state index >= 15 is 0 Å². The normalized spacial score (nSPS) is 14.5. The van der Waals surface area contributed by atoms with E-state index < -0.39 is 6.17 Å². The third-order valence-corrected chi connectivity index (χ3v) is 5.43. The van der Waals surface area contributed by atoms with E-state index in [4.69, 9.17) is 9.47 Å². The van der Waals surface area contributed by atoms with E-state index in [1.165, 1.54) is 26.0 Å². The fourth-order valence-electron chi connectivity index (χ4n) is 3.39. The fourth-order valence-corrected chi connectivity index (χ4v) is 3.97. The molecule has 0 spiro atoms. The molecule has 9 heteroatoms. The monoisotopic (exact) mass is 413 g/mol. The van der Waals surface area contributed by atoms with Crippen molar-refractivity contribution in [1.29, 1.82) is 0 Å². The zero-order valence-electron chi connectivity index (χ0n) is 16.2. The summed E-state index contributed by atoms with van der Waals surface area (Å²) in [6.07, 6.45) is -0.498. The van der Waals surface area contributed by atoms with E-state index in [1.807, 2.05) is 31.2 Å². The van der Waals surface area contributed by atoms with Crippen molar-refractivity contribution in [3.05, 3.63) is 52.3 Å². The maximum atomic E-state index is 13.0. The number of hydrogen-bond acceptors (Lipinski definition) is 7. The SMILES string of the molecule is CCSc1n[n+]2c(c(=O)[nH]1)-c1ccccc1N[C@H]2c1cc(OC)c(O)c(OC)c1. The molecule has 3 aromatic rings. The Morgan fingerprint density at radius 2 is 1.90 bits per heavy atom. The second-order valence-electron chi connectivity index (χ2n) is 6.35. The lowest BCUT2D eigenvalue weighted by atomic mass is 10.0. The Kier molecular flexibility index (Phi) is 5.06. The maximum Gasteiger partial charge on any atom is 0.325 e. The fraction of sp³-hybridized carbons (Fsp3) is 0.250. The van der Waals surface area contributed by atoms with Gasteiger partial charge in [-0.3, -0.25) is 9.78 Å². The molecule has 1 aliphatic heterocycles. The average molecular weight is 413 g/mol. The Morgan fingerprint density at radius 1 is 1.21 bits per heavy atom. The van der Waals surface area contributed by atoms with E-state index in [9.17, 15) is 9.90 Å². The summed E-state index contributed by atoms with van der Waals surface area (Å²) >= 11 is 1.45. The van der Waals surface area contributed by atoms with Crippen molar-refractivity contribution in [1.82, 2.24) is 10.1 Å². The van der Waals surface area contributed by atoms with Crippen LogP contribution in [-0.2, 0) is 0 Å². The van der Waals surface area contributed by atoms with Crippen molar-refractivity contribution in [2.24, 2.45) is 0 Å². The number of phenolic OH excluding ortho intramolecular Hbond substituents is 1. The van der Waals surface area contributed by atoms with Crippen LogP contribution in [0.25, 0.3) is 11.3 Å². The van der Waals surface area contributed by atoms with Gasteiger partial charge in [-0.15, -0.1) is 0 Å². The van der Waals surface area contributed by atoms with Gasteiger partial charge in [0.1, 0.15) is 0 Å². The number of aromatic nitrogens is 3. The van der Waals surface area contributed by atoms with Gasteiger partial charge < -0.3 is 19.9 Å². The highest BCUT2D eigenvalue weighted by Crippen LogP contribution is 2.40. The molecule has 1 atom stereocenters. The number of aromatic hydroxyl groups is 1. The van der Waals surface area contributed by atoms with Crippen LogP contribution in [0.5, 0.6) is 17.2 Å². The van der Waals surface area contributed by atoms with E-state index in [1.54, 1.807) is 16.8 Å². The van der Waals surface area contributed by atoms with E-state index in [0.29, 0.717) is 10.9 Å². The number of hydrogen-bond donors (Lipinski definition) is 3. The molecular formula is C20H21N4O4S+. The molecule has 0 amide bonds. The van der Waals surface area contributed by atoms with Gasteiger partial charge in [-0.25, -0.2) is 0 Å². The number of nitrogens with one attached hydrogen (secondary N) is 2.